The van der Waals surface area contributed by atoms with Crippen LogP contribution in [0.3, 0.4) is 0 Å². The lowest BCUT2D eigenvalue weighted by molar-refractivity contribution is -0.384. The molecule has 9 heteroatoms. The molecule has 26 heavy (non-hydrogen) atoms. The van der Waals surface area contributed by atoms with Crippen molar-refractivity contribution < 1.29 is 4.92 Å². The first-order chi connectivity index (χ1) is 12.4. The van der Waals surface area contributed by atoms with Gasteiger partial charge in [-0.2, -0.15) is 0 Å². The van der Waals surface area contributed by atoms with Gasteiger partial charge in [0.1, 0.15) is 5.02 Å². The van der Waals surface area contributed by atoms with Crippen LogP contribution in [0.2, 0.25) is 10.0 Å². The fourth-order valence-corrected chi connectivity index (χ4v) is 2.66. The van der Waals surface area contributed by atoms with Gasteiger partial charge in [0.05, 0.1) is 21.9 Å². The molecular weight excluding hydrogens is 379 g/mol. The quantitative estimate of drug-likeness (QED) is 0.405. The van der Waals surface area contributed by atoms with Gasteiger partial charge in [0.25, 0.3) is 11.2 Å². The van der Waals surface area contributed by atoms with Gasteiger partial charge < -0.3 is 0 Å². The number of nitrogens with zero attached hydrogens (tertiary/aromatic N) is 3. The molecule has 0 aliphatic rings. The minimum Gasteiger partial charge on any atom is -0.295 e. The largest absolute Gasteiger partial charge is 0.295 e. The summed E-state index contributed by atoms with van der Waals surface area (Å²) in [6.07, 6.45) is 1.37. The van der Waals surface area contributed by atoms with E-state index in [9.17, 15) is 14.9 Å². The van der Waals surface area contributed by atoms with Crippen LogP contribution in [0.4, 0.5) is 11.4 Å². The summed E-state index contributed by atoms with van der Waals surface area (Å²) < 4.78 is 1.37. The predicted molar refractivity (Wildman–Crippen MR) is 101 cm³/mol. The Hall–Kier alpha value is -2.90. The highest BCUT2D eigenvalue weighted by Gasteiger charge is 2.13. The number of aromatic amines is 1. The van der Waals surface area contributed by atoms with Crippen molar-refractivity contribution in [1.29, 1.82) is 0 Å². The molecule has 0 spiro atoms. The van der Waals surface area contributed by atoms with E-state index in [1.807, 2.05) is 0 Å². The molecule has 3 rings (SSSR count). The number of nitro groups is 1. The van der Waals surface area contributed by atoms with Crippen LogP contribution in [-0.2, 0) is 0 Å². The Labute approximate surface area is 157 Å². The molecule has 0 amide bonds. The zero-order valence-corrected chi connectivity index (χ0v) is 15.0. The van der Waals surface area contributed by atoms with Gasteiger partial charge in [-0.3, -0.25) is 25.0 Å². The number of nitro benzene ring substituents is 1. The molecule has 0 bridgehead atoms. The lowest BCUT2D eigenvalue weighted by Crippen LogP contribution is -2.17. The number of nitrogens with one attached hydrogen (secondary N) is 1. The monoisotopic (exact) mass is 390 g/mol. The van der Waals surface area contributed by atoms with Gasteiger partial charge in [-0.1, -0.05) is 23.2 Å². The number of hydrogen-bond donors (Lipinski definition) is 1. The summed E-state index contributed by atoms with van der Waals surface area (Å²) >= 11 is 11.6. The van der Waals surface area contributed by atoms with E-state index in [0.29, 0.717) is 27.7 Å². The minimum atomic E-state index is -0.587. The lowest BCUT2D eigenvalue weighted by atomic mass is 10.2. The van der Waals surface area contributed by atoms with E-state index in [4.69, 9.17) is 23.2 Å². The standard InChI is InChI=1S/C17H12Cl2N4O3/c1-10-14(9-20-12-4-7-15(19)16(8-12)23(25)26)17(24)22(21-10)13-5-2-11(18)3-6-13/h2-9,21H,1H3. The van der Waals surface area contributed by atoms with Crippen LogP contribution >= 0.6 is 23.2 Å². The Morgan fingerprint density at radius 3 is 2.54 bits per heavy atom. The van der Waals surface area contributed by atoms with Crippen molar-refractivity contribution in [1.82, 2.24) is 9.78 Å². The molecule has 1 heterocycles. The average molecular weight is 391 g/mol. The molecule has 0 saturated carbocycles. The summed E-state index contributed by atoms with van der Waals surface area (Å²) in [4.78, 5) is 27.1. The molecule has 132 valence electrons. The average Bonchev–Trinajstić information content (AvgIpc) is 2.89. The number of H-pyrrole nitrogens is 1. The minimum absolute atomic E-state index is 0.0249. The van der Waals surface area contributed by atoms with Crippen LogP contribution in [0, 0.1) is 17.0 Å². The van der Waals surface area contributed by atoms with E-state index in [2.05, 4.69) is 10.1 Å². The summed E-state index contributed by atoms with van der Waals surface area (Å²) in [5.74, 6) is 0. The van der Waals surface area contributed by atoms with E-state index in [1.165, 1.54) is 29.1 Å². The molecule has 0 aliphatic heterocycles. The number of hydrogen-bond acceptors (Lipinski definition) is 4. The van der Waals surface area contributed by atoms with E-state index in [-0.39, 0.29) is 16.3 Å². The molecule has 0 radical (unpaired) electrons. The van der Waals surface area contributed by atoms with Gasteiger partial charge >= 0.3 is 0 Å². The van der Waals surface area contributed by atoms with E-state index in [0.717, 1.165) is 0 Å². The summed E-state index contributed by atoms with van der Waals surface area (Å²) in [7, 11) is 0. The summed E-state index contributed by atoms with van der Waals surface area (Å²) in [5.41, 5.74) is 1.36. The number of rotatable bonds is 4. The Morgan fingerprint density at radius 2 is 1.88 bits per heavy atom. The van der Waals surface area contributed by atoms with Crippen LogP contribution in [0.1, 0.15) is 11.3 Å². The first-order valence-corrected chi connectivity index (χ1v) is 8.18. The summed E-state index contributed by atoms with van der Waals surface area (Å²) in [6.45, 7) is 1.74. The number of aromatic nitrogens is 2. The highest BCUT2D eigenvalue weighted by molar-refractivity contribution is 6.32. The molecule has 1 N–H and O–H groups in total. The number of aliphatic imine (C=N–C) groups is 1. The van der Waals surface area contributed by atoms with E-state index < -0.39 is 4.92 Å². The number of aryl methyl sites for hydroxylation is 1. The van der Waals surface area contributed by atoms with Crippen LogP contribution in [-0.4, -0.2) is 20.9 Å². The van der Waals surface area contributed by atoms with Gasteiger partial charge in [-0.25, -0.2) is 4.68 Å². The first kappa shape index (κ1) is 17.9. The van der Waals surface area contributed by atoms with Gasteiger partial charge in [0, 0.05) is 23.0 Å². The Kier molecular flexibility index (Phi) is 4.92. The second-order valence-corrected chi connectivity index (χ2v) is 6.26. The van der Waals surface area contributed by atoms with Crippen molar-refractivity contribution in [2.75, 3.05) is 0 Å². The maximum Gasteiger partial charge on any atom is 0.290 e. The number of halogens is 2. The lowest BCUT2D eigenvalue weighted by Gasteiger charge is -2.00. The SMILES string of the molecule is Cc1[nH]n(-c2ccc(Cl)cc2)c(=O)c1C=Nc1ccc(Cl)c([N+](=O)[O-])c1. The van der Waals surface area contributed by atoms with Gasteiger partial charge in [-0.15, -0.1) is 0 Å². The third-order valence-corrected chi connectivity index (χ3v) is 4.24. The van der Waals surface area contributed by atoms with Gasteiger partial charge in [0.2, 0.25) is 0 Å². The molecule has 1 aromatic heterocycles. The molecule has 2 aromatic carbocycles. The second-order valence-electron chi connectivity index (χ2n) is 5.42. The maximum absolute atomic E-state index is 12.6. The third-order valence-electron chi connectivity index (χ3n) is 3.67. The molecule has 0 fully saturated rings. The van der Waals surface area contributed by atoms with Gasteiger partial charge in [-0.05, 0) is 43.3 Å². The van der Waals surface area contributed by atoms with Crippen molar-refractivity contribution in [3.05, 3.63) is 84.2 Å². The fourth-order valence-electron chi connectivity index (χ4n) is 2.34. The van der Waals surface area contributed by atoms with Crippen LogP contribution in [0.5, 0.6) is 0 Å². The Bertz CT molecular complexity index is 1070. The highest BCUT2D eigenvalue weighted by atomic mass is 35.5. The molecule has 0 atom stereocenters. The Balaban J connectivity index is 1.97. The zero-order chi connectivity index (χ0) is 18.8. The predicted octanol–water partition coefficient (Wildman–Crippen LogP) is 4.44. The fraction of sp³-hybridized carbons (Fsp3) is 0.0588. The van der Waals surface area contributed by atoms with Crippen molar-refractivity contribution in [3.63, 3.8) is 0 Å². The maximum atomic E-state index is 12.6. The van der Waals surface area contributed by atoms with E-state index in [1.54, 1.807) is 31.2 Å². The number of benzene rings is 2. The van der Waals surface area contributed by atoms with E-state index >= 15 is 0 Å². The first-order valence-electron chi connectivity index (χ1n) is 7.42. The van der Waals surface area contributed by atoms with Crippen LogP contribution in [0.15, 0.2) is 52.3 Å². The molecular formula is C17H12Cl2N4O3. The molecule has 7 nitrogen and oxygen atoms in total. The van der Waals surface area contributed by atoms with Crippen molar-refractivity contribution in [3.8, 4) is 5.69 Å². The Morgan fingerprint density at radius 1 is 1.19 bits per heavy atom. The smallest absolute Gasteiger partial charge is 0.290 e. The summed E-state index contributed by atoms with van der Waals surface area (Å²) in [5, 5.41) is 14.5. The molecule has 3 aromatic rings. The molecule has 0 unspecified atom stereocenters. The van der Waals surface area contributed by atoms with Crippen LogP contribution < -0.4 is 5.56 Å². The van der Waals surface area contributed by atoms with Crippen molar-refractivity contribution in [2.45, 2.75) is 6.92 Å². The van der Waals surface area contributed by atoms with Gasteiger partial charge in [0.15, 0.2) is 0 Å². The second kappa shape index (κ2) is 7.15. The zero-order valence-electron chi connectivity index (χ0n) is 13.4. The topological polar surface area (TPSA) is 93.3 Å². The highest BCUT2D eigenvalue weighted by Crippen LogP contribution is 2.28. The third kappa shape index (κ3) is 3.54. The van der Waals surface area contributed by atoms with Crippen molar-refractivity contribution in [2.24, 2.45) is 4.99 Å². The van der Waals surface area contributed by atoms with Crippen LogP contribution in [0.25, 0.3) is 5.69 Å². The molecule has 0 saturated heterocycles. The van der Waals surface area contributed by atoms with Crippen molar-refractivity contribution >= 4 is 40.8 Å². The normalized spacial score (nSPS) is 11.2. The summed E-state index contributed by atoms with van der Waals surface area (Å²) in [6, 6.07) is 11.0. The molecule has 0 aliphatic carbocycles.